The van der Waals surface area contributed by atoms with Crippen LogP contribution in [-0.2, 0) is 0 Å². The zero-order valence-corrected chi connectivity index (χ0v) is 10.5. The molecule has 1 fully saturated rings. The number of aromatic hydroxyl groups is 1. The highest BCUT2D eigenvalue weighted by molar-refractivity contribution is 5.96. The maximum Gasteiger partial charge on any atom is 0.257 e. The average Bonchev–Trinajstić information content (AvgIpc) is 2.29. The van der Waals surface area contributed by atoms with Gasteiger partial charge >= 0.3 is 0 Å². The SMILES string of the molecule is C[C@H]1CN(C(=O)c2ccccc2O)CCN1.Cl. The first kappa shape index (κ1) is 13.8. The van der Waals surface area contributed by atoms with Crippen LogP contribution in [0, 0.1) is 0 Å². The molecule has 5 heteroatoms. The van der Waals surface area contributed by atoms with Crippen molar-refractivity contribution >= 4 is 18.3 Å². The number of nitrogens with one attached hydrogen (secondary N) is 1. The van der Waals surface area contributed by atoms with Gasteiger partial charge in [0.2, 0.25) is 0 Å². The van der Waals surface area contributed by atoms with Gasteiger partial charge in [-0.1, -0.05) is 12.1 Å². The molecule has 1 aromatic rings. The van der Waals surface area contributed by atoms with Crippen molar-refractivity contribution in [3.05, 3.63) is 29.8 Å². The van der Waals surface area contributed by atoms with Crippen LogP contribution in [-0.4, -0.2) is 41.6 Å². The molecule has 0 saturated carbocycles. The lowest BCUT2D eigenvalue weighted by atomic mass is 10.1. The number of hydrogen-bond donors (Lipinski definition) is 2. The Labute approximate surface area is 107 Å². The molecule has 4 nitrogen and oxygen atoms in total. The Morgan fingerprint density at radius 1 is 1.47 bits per heavy atom. The fourth-order valence-corrected chi connectivity index (χ4v) is 1.94. The molecular weight excluding hydrogens is 240 g/mol. The first-order valence-electron chi connectivity index (χ1n) is 5.49. The van der Waals surface area contributed by atoms with Crippen molar-refractivity contribution in [2.24, 2.45) is 0 Å². The summed E-state index contributed by atoms with van der Waals surface area (Å²) < 4.78 is 0. The van der Waals surface area contributed by atoms with Gasteiger partial charge in [0, 0.05) is 25.7 Å². The van der Waals surface area contributed by atoms with E-state index in [0.29, 0.717) is 24.7 Å². The number of carbonyl (C=O) groups is 1. The summed E-state index contributed by atoms with van der Waals surface area (Å²) in [5.41, 5.74) is 0.386. The Kier molecular flexibility index (Phi) is 4.78. The summed E-state index contributed by atoms with van der Waals surface area (Å²) >= 11 is 0. The lowest BCUT2D eigenvalue weighted by Gasteiger charge is -2.32. The number of rotatable bonds is 1. The number of halogens is 1. The molecule has 1 aliphatic rings. The van der Waals surface area contributed by atoms with E-state index in [1.54, 1.807) is 29.2 Å². The molecule has 1 heterocycles. The van der Waals surface area contributed by atoms with Crippen molar-refractivity contribution in [2.45, 2.75) is 13.0 Å². The number of amides is 1. The summed E-state index contributed by atoms with van der Waals surface area (Å²) in [7, 11) is 0. The van der Waals surface area contributed by atoms with Gasteiger partial charge in [-0.15, -0.1) is 12.4 Å². The number of carbonyl (C=O) groups excluding carboxylic acids is 1. The zero-order valence-electron chi connectivity index (χ0n) is 9.72. The van der Waals surface area contributed by atoms with Crippen molar-refractivity contribution in [3.8, 4) is 5.75 Å². The molecule has 1 atom stereocenters. The molecule has 0 radical (unpaired) electrons. The van der Waals surface area contributed by atoms with Gasteiger partial charge < -0.3 is 15.3 Å². The lowest BCUT2D eigenvalue weighted by Crippen LogP contribution is -2.51. The summed E-state index contributed by atoms with van der Waals surface area (Å²) in [6.07, 6.45) is 0. The van der Waals surface area contributed by atoms with Crippen LogP contribution < -0.4 is 5.32 Å². The molecule has 1 saturated heterocycles. The number of phenols is 1. The summed E-state index contributed by atoms with van der Waals surface area (Å²) in [5.74, 6) is -0.0369. The van der Waals surface area contributed by atoms with Crippen LogP contribution in [0.4, 0.5) is 0 Å². The number of para-hydroxylation sites is 1. The van der Waals surface area contributed by atoms with Gasteiger partial charge in [-0.3, -0.25) is 4.79 Å². The van der Waals surface area contributed by atoms with E-state index < -0.39 is 0 Å². The number of benzene rings is 1. The number of piperazine rings is 1. The Bertz CT molecular complexity index is 398. The van der Waals surface area contributed by atoms with Gasteiger partial charge in [-0.05, 0) is 19.1 Å². The van der Waals surface area contributed by atoms with E-state index in [1.807, 2.05) is 6.92 Å². The second-order valence-corrected chi connectivity index (χ2v) is 4.12. The van der Waals surface area contributed by atoms with E-state index in [1.165, 1.54) is 0 Å². The molecule has 94 valence electrons. The van der Waals surface area contributed by atoms with Crippen molar-refractivity contribution in [3.63, 3.8) is 0 Å². The third-order valence-electron chi connectivity index (χ3n) is 2.79. The first-order chi connectivity index (χ1) is 7.68. The van der Waals surface area contributed by atoms with E-state index >= 15 is 0 Å². The number of hydrogen-bond acceptors (Lipinski definition) is 3. The number of nitrogens with zero attached hydrogens (tertiary/aromatic N) is 1. The van der Waals surface area contributed by atoms with E-state index in [0.717, 1.165) is 6.54 Å². The summed E-state index contributed by atoms with van der Waals surface area (Å²) in [5, 5.41) is 12.9. The molecule has 0 bridgehead atoms. The molecule has 0 aliphatic carbocycles. The van der Waals surface area contributed by atoms with Crippen molar-refractivity contribution in [2.75, 3.05) is 19.6 Å². The monoisotopic (exact) mass is 256 g/mol. The van der Waals surface area contributed by atoms with E-state index in [2.05, 4.69) is 5.32 Å². The van der Waals surface area contributed by atoms with Crippen molar-refractivity contribution in [1.82, 2.24) is 10.2 Å². The quantitative estimate of drug-likeness (QED) is 0.795. The molecule has 2 N–H and O–H groups in total. The zero-order chi connectivity index (χ0) is 11.5. The minimum atomic E-state index is -0.0912. The third-order valence-corrected chi connectivity index (χ3v) is 2.79. The van der Waals surface area contributed by atoms with Gasteiger partial charge in [0.05, 0.1) is 5.56 Å². The molecule has 0 spiro atoms. The highest BCUT2D eigenvalue weighted by Gasteiger charge is 2.22. The second kappa shape index (κ2) is 5.89. The van der Waals surface area contributed by atoms with Gasteiger partial charge in [0.15, 0.2) is 0 Å². The predicted molar refractivity (Wildman–Crippen MR) is 68.7 cm³/mol. The van der Waals surface area contributed by atoms with Gasteiger partial charge in [0.1, 0.15) is 5.75 Å². The maximum atomic E-state index is 12.1. The average molecular weight is 257 g/mol. The molecule has 2 rings (SSSR count). The maximum absolute atomic E-state index is 12.1. The largest absolute Gasteiger partial charge is 0.507 e. The van der Waals surface area contributed by atoms with E-state index in [-0.39, 0.29) is 24.1 Å². The fourth-order valence-electron chi connectivity index (χ4n) is 1.94. The standard InChI is InChI=1S/C12H16N2O2.ClH/c1-9-8-14(7-6-13-9)12(16)10-4-2-3-5-11(10)15;/h2-5,9,13,15H,6-8H2,1H3;1H/t9-;/m0./s1. The predicted octanol–water partition coefficient (Wildman–Crippen LogP) is 1.25. The van der Waals surface area contributed by atoms with E-state index in [9.17, 15) is 9.90 Å². The molecule has 0 aromatic heterocycles. The highest BCUT2D eigenvalue weighted by atomic mass is 35.5. The molecule has 1 aliphatic heterocycles. The lowest BCUT2D eigenvalue weighted by molar-refractivity contribution is 0.0706. The Morgan fingerprint density at radius 2 is 2.18 bits per heavy atom. The smallest absolute Gasteiger partial charge is 0.257 e. The summed E-state index contributed by atoms with van der Waals surface area (Å²) in [4.78, 5) is 13.9. The van der Waals surface area contributed by atoms with Gasteiger partial charge in [-0.25, -0.2) is 0 Å². The van der Waals surface area contributed by atoms with Gasteiger partial charge in [-0.2, -0.15) is 0 Å². The van der Waals surface area contributed by atoms with Crippen LogP contribution >= 0.6 is 12.4 Å². The molecule has 0 unspecified atom stereocenters. The topological polar surface area (TPSA) is 52.6 Å². The van der Waals surface area contributed by atoms with Crippen LogP contribution in [0.25, 0.3) is 0 Å². The highest BCUT2D eigenvalue weighted by Crippen LogP contribution is 2.18. The Hall–Kier alpha value is -1.26. The minimum Gasteiger partial charge on any atom is -0.507 e. The van der Waals surface area contributed by atoms with Crippen molar-refractivity contribution in [1.29, 1.82) is 0 Å². The third kappa shape index (κ3) is 3.11. The van der Waals surface area contributed by atoms with Gasteiger partial charge in [0.25, 0.3) is 5.91 Å². The minimum absolute atomic E-state index is 0. The van der Waals surface area contributed by atoms with E-state index in [4.69, 9.17) is 0 Å². The Morgan fingerprint density at radius 3 is 2.82 bits per heavy atom. The number of phenolic OH excluding ortho intramolecular Hbond substituents is 1. The molecule has 17 heavy (non-hydrogen) atoms. The molecule has 1 amide bonds. The normalized spacial score (nSPS) is 19.6. The van der Waals surface area contributed by atoms with Crippen LogP contribution in [0.5, 0.6) is 5.75 Å². The van der Waals surface area contributed by atoms with Crippen LogP contribution in [0.2, 0.25) is 0 Å². The summed E-state index contributed by atoms with van der Waals surface area (Å²) in [6, 6.07) is 6.98. The van der Waals surface area contributed by atoms with Crippen molar-refractivity contribution < 1.29 is 9.90 Å². The molecule has 1 aromatic carbocycles. The Balaban J connectivity index is 0.00000144. The van der Waals surface area contributed by atoms with Crippen LogP contribution in [0.1, 0.15) is 17.3 Å². The first-order valence-corrected chi connectivity index (χ1v) is 5.49. The van der Waals surface area contributed by atoms with Crippen LogP contribution in [0.15, 0.2) is 24.3 Å². The summed E-state index contributed by atoms with van der Waals surface area (Å²) in [6.45, 7) is 4.23. The molecular formula is C12H17ClN2O2. The second-order valence-electron chi connectivity index (χ2n) is 4.12. The fraction of sp³-hybridized carbons (Fsp3) is 0.417. The van der Waals surface area contributed by atoms with Crippen LogP contribution in [0.3, 0.4) is 0 Å².